The number of hydrogen-bond donors (Lipinski definition) is 2. The summed E-state index contributed by atoms with van der Waals surface area (Å²) in [5.74, 6) is 0.0970. The minimum Gasteiger partial charge on any atom is -0.463 e. The van der Waals surface area contributed by atoms with E-state index < -0.39 is 12.2 Å². The summed E-state index contributed by atoms with van der Waals surface area (Å²) in [5, 5.41) is 20.7. The van der Waals surface area contributed by atoms with E-state index in [2.05, 4.69) is 6.92 Å². The molecule has 30 heavy (non-hydrogen) atoms. The summed E-state index contributed by atoms with van der Waals surface area (Å²) in [6.07, 6.45) is 13.5. The second-order valence-corrected chi connectivity index (χ2v) is 9.08. The molecule has 0 aromatic heterocycles. The lowest BCUT2D eigenvalue weighted by Gasteiger charge is -2.22. The van der Waals surface area contributed by atoms with Crippen LogP contribution in [0.3, 0.4) is 0 Å². The number of carbonyl (C=O) groups excluding carboxylic acids is 2. The van der Waals surface area contributed by atoms with E-state index >= 15 is 0 Å². The molecule has 5 nitrogen and oxygen atoms in total. The second-order valence-electron chi connectivity index (χ2n) is 9.08. The number of ketones is 1. The zero-order valence-electron chi connectivity index (χ0n) is 19.4. The van der Waals surface area contributed by atoms with Gasteiger partial charge in [-0.25, -0.2) is 0 Å². The quantitative estimate of drug-likeness (QED) is 0.204. The fourth-order valence-electron chi connectivity index (χ4n) is 4.34. The topological polar surface area (TPSA) is 83.8 Å². The van der Waals surface area contributed by atoms with E-state index in [1.54, 1.807) is 0 Å². The third-order valence-electron chi connectivity index (χ3n) is 6.03. The van der Waals surface area contributed by atoms with Crippen LogP contribution >= 0.6 is 0 Å². The zero-order chi connectivity index (χ0) is 22.4. The van der Waals surface area contributed by atoms with Gasteiger partial charge in [-0.1, -0.05) is 44.8 Å². The van der Waals surface area contributed by atoms with Crippen LogP contribution in [0.5, 0.6) is 0 Å². The number of aliphatic hydroxyl groups is 2. The van der Waals surface area contributed by atoms with Crippen molar-refractivity contribution in [2.45, 2.75) is 123 Å². The molecular formula is C25H44O5. The molecule has 0 aromatic carbocycles. The van der Waals surface area contributed by atoms with E-state index in [0.29, 0.717) is 38.5 Å². The Morgan fingerprint density at radius 1 is 0.933 bits per heavy atom. The first-order chi connectivity index (χ1) is 14.3. The number of allylic oxidation sites excluding steroid dienone is 2. The Hall–Kier alpha value is -1.20. The number of esters is 1. The molecule has 0 bridgehead atoms. The number of rotatable bonds is 16. The van der Waals surface area contributed by atoms with Crippen molar-refractivity contribution in [3.8, 4) is 0 Å². The Bertz CT molecular complexity index is 514. The predicted octanol–water partition coefficient (Wildman–Crippen LogP) is 5.12. The molecule has 1 aliphatic carbocycles. The fourth-order valence-corrected chi connectivity index (χ4v) is 4.34. The molecular weight excluding hydrogens is 380 g/mol. The van der Waals surface area contributed by atoms with Gasteiger partial charge in [0.15, 0.2) is 0 Å². The first-order valence-electron chi connectivity index (χ1n) is 12.1. The zero-order valence-corrected chi connectivity index (χ0v) is 19.4. The van der Waals surface area contributed by atoms with Crippen molar-refractivity contribution in [2.24, 2.45) is 11.8 Å². The number of aliphatic hydroxyl groups excluding tert-OH is 2. The molecule has 2 N–H and O–H groups in total. The van der Waals surface area contributed by atoms with E-state index in [1.165, 1.54) is 19.3 Å². The molecule has 1 unspecified atom stereocenters. The van der Waals surface area contributed by atoms with Crippen molar-refractivity contribution < 1.29 is 24.5 Å². The summed E-state index contributed by atoms with van der Waals surface area (Å²) in [7, 11) is 0. The van der Waals surface area contributed by atoms with Crippen LogP contribution in [-0.4, -0.2) is 40.3 Å². The van der Waals surface area contributed by atoms with Crippen molar-refractivity contribution in [1.29, 1.82) is 0 Å². The third-order valence-corrected chi connectivity index (χ3v) is 6.03. The number of hydrogen-bond acceptors (Lipinski definition) is 5. The Kier molecular flexibility index (Phi) is 13.9. The monoisotopic (exact) mass is 424 g/mol. The molecule has 0 saturated heterocycles. The van der Waals surface area contributed by atoms with Crippen LogP contribution < -0.4 is 0 Å². The van der Waals surface area contributed by atoms with Gasteiger partial charge in [0.1, 0.15) is 5.78 Å². The predicted molar refractivity (Wildman–Crippen MR) is 120 cm³/mol. The molecule has 1 fully saturated rings. The molecule has 1 saturated carbocycles. The van der Waals surface area contributed by atoms with Gasteiger partial charge in [-0.15, -0.1) is 0 Å². The lowest BCUT2D eigenvalue weighted by Crippen LogP contribution is -2.22. The van der Waals surface area contributed by atoms with Gasteiger partial charge < -0.3 is 14.9 Å². The van der Waals surface area contributed by atoms with Gasteiger partial charge in [-0.3, -0.25) is 9.59 Å². The highest BCUT2D eigenvalue weighted by molar-refractivity contribution is 5.78. The van der Waals surface area contributed by atoms with Crippen molar-refractivity contribution in [3.05, 3.63) is 12.2 Å². The van der Waals surface area contributed by atoms with E-state index in [4.69, 9.17) is 4.74 Å². The van der Waals surface area contributed by atoms with Crippen LogP contribution in [0.4, 0.5) is 0 Å². The lowest BCUT2D eigenvalue weighted by atomic mass is 9.86. The van der Waals surface area contributed by atoms with Crippen molar-refractivity contribution in [1.82, 2.24) is 0 Å². The molecule has 0 radical (unpaired) electrons. The summed E-state index contributed by atoms with van der Waals surface area (Å²) >= 11 is 0. The minimum absolute atomic E-state index is 0.000453. The third kappa shape index (κ3) is 11.3. The van der Waals surface area contributed by atoms with E-state index in [1.807, 2.05) is 26.0 Å². The van der Waals surface area contributed by atoms with Crippen LogP contribution in [-0.2, 0) is 14.3 Å². The molecule has 0 aliphatic heterocycles. The maximum atomic E-state index is 12.2. The standard InChI is InChI=1S/C25H44O5/c1-4-5-6-7-10-13-20(26)16-17-22-21(23(27)18-24(22)28)14-11-8-9-12-15-25(29)30-19(2)3/h8,11,19,21-24,27-28H,4-7,9-10,12-18H2,1-3H3/b11-8-/t21?,22-,23+,24-/m1/s1. The minimum atomic E-state index is -0.526. The Labute approximate surface area is 183 Å². The van der Waals surface area contributed by atoms with Gasteiger partial charge in [-0.2, -0.15) is 0 Å². The first-order valence-corrected chi connectivity index (χ1v) is 12.1. The van der Waals surface area contributed by atoms with Gasteiger partial charge in [0.2, 0.25) is 0 Å². The summed E-state index contributed by atoms with van der Waals surface area (Å²) in [6.45, 7) is 5.87. The molecule has 0 amide bonds. The number of ether oxygens (including phenoxy) is 1. The van der Waals surface area contributed by atoms with Crippen molar-refractivity contribution >= 4 is 11.8 Å². The van der Waals surface area contributed by atoms with E-state index in [9.17, 15) is 19.8 Å². The van der Waals surface area contributed by atoms with Crippen LogP contribution in [0.2, 0.25) is 0 Å². The Morgan fingerprint density at radius 3 is 2.33 bits per heavy atom. The largest absolute Gasteiger partial charge is 0.463 e. The van der Waals surface area contributed by atoms with Crippen LogP contribution in [0, 0.1) is 11.8 Å². The molecule has 1 aliphatic rings. The molecule has 4 atom stereocenters. The smallest absolute Gasteiger partial charge is 0.306 e. The molecule has 1 rings (SSSR count). The molecule has 5 heteroatoms. The van der Waals surface area contributed by atoms with Crippen LogP contribution in [0.25, 0.3) is 0 Å². The lowest BCUT2D eigenvalue weighted by molar-refractivity contribution is -0.147. The number of unbranched alkanes of at least 4 members (excludes halogenated alkanes) is 5. The van der Waals surface area contributed by atoms with E-state index in [0.717, 1.165) is 25.7 Å². The second kappa shape index (κ2) is 15.6. The maximum absolute atomic E-state index is 12.2. The molecule has 174 valence electrons. The highest BCUT2D eigenvalue weighted by Gasteiger charge is 2.40. The fraction of sp³-hybridized carbons (Fsp3) is 0.840. The summed E-state index contributed by atoms with van der Waals surface area (Å²) in [5.41, 5.74) is 0. The van der Waals surface area contributed by atoms with Gasteiger partial charge in [-0.05, 0) is 64.2 Å². The molecule has 0 heterocycles. The summed E-state index contributed by atoms with van der Waals surface area (Å²) in [4.78, 5) is 23.7. The number of Topliss-reactive ketones (excluding diaryl/α,β-unsaturated/α-hetero) is 1. The highest BCUT2D eigenvalue weighted by atomic mass is 16.5. The first kappa shape index (κ1) is 26.8. The van der Waals surface area contributed by atoms with E-state index in [-0.39, 0.29) is 29.7 Å². The normalized spacial score (nSPS) is 24.1. The highest BCUT2D eigenvalue weighted by Crippen LogP contribution is 2.38. The molecule has 0 spiro atoms. The van der Waals surface area contributed by atoms with Gasteiger partial charge in [0, 0.05) is 19.3 Å². The Morgan fingerprint density at radius 2 is 1.63 bits per heavy atom. The average molecular weight is 425 g/mol. The van der Waals surface area contributed by atoms with Crippen molar-refractivity contribution in [3.63, 3.8) is 0 Å². The summed E-state index contributed by atoms with van der Waals surface area (Å²) in [6, 6.07) is 0. The average Bonchev–Trinajstić information content (AvgIpc) is 2.94. The van der Waals surface area contributed by atoms with Crippen molar-refractivity contribution in [2.75, 3.05) is 0 Å². The maximum Gasteiger partial charge on any atom is 0.306 e. The Balaban J connectivity index is 2.30. The van der Waals surface area contributed by atoms with Gasteiger partial charge in [0.05, 0.1) is 18.3 Å². The summed E-state index contributed by atoms with van der Waals surface area (Å²) < 4.78 is 5.11. The van der Waals surface area contributed by atoms with Gasteiger partial charge >= 0.3 is 5.97 Å². The number of carbonyl (C=O) groups is 2. The SMILES string of the molecule is CCCCCCCC(=O)CC[C@@H]1C(C/C=C\CCCC(=O)OC(C)C)[C@@H](O)C[C@H]1O. The molecule has 0 aromatic rings. The van der Waals surface area contributed by atoms with Crippen LogP contribution in [0.15, 0.2) is 12.2 Å². The van der Waals surface area contributed by atoms with Crippen LogP contribution in [0.1, 0.15) is 104 Å². The van der Waals surface area contributed by atoms with Gasteiger partial charge in [0.25, 0.3) is 0 Å².